The van der Waals surface area contributed by atoms with E-state index in [-0.39, 0.29) is 11.2 Å². The Labute approximate surface area is 170 Å². The molecule has 144 valence electrons. The summed E-state index contributed by atoms with van der Waals surface area (Å²) in [5, 5.41) is 3.98. The summed E-state index contributed by atoms with van der Waals surface area (Å²) >= 11 is 1.56. The number of hydrogen-bond acceptors (Lipinski definition) is 4. The van der Waals surface area contributed by atoms with E-state index in [1.807, 2.05) is 45.2 Å². The van der Waals surface area contributed by atoms with E-state index in [1.54, 1.807) is 18.0 Å². The molecule has 2 heterocycles. The van der Waals surface area contributed by atoms with E-state index >= 15 is 0 Å². The molecule has 5 heteroatoms. The number of aromatic nitrogens is 1. The zero-order chi connectivity index (χ0) is 20.3. The minimum Gasteiger partial charge on any atom is -0.345 e. The molecule has 0 aliphatic carbocycles. The van der Waals surface area contributed by atoms with Crippen LogP contribution in [0.25, 0.3) is 10.9 Å². The molecule has 0 radical (unpaired) electrons. The molecule has 2 aromatic rings. The van der Waals surface area contributed by atoms with Crippen LogP contribution in [0.5, 0.6) is 0 Å². The number of nitrogens with one attached hydrogen (secondary N) is 1. The standard InChI is InChI=1S/C23H25N3OS/c1-6-16-11-18-12-17(10-15(2)21(18)25-14-16)13-19(28-5)22(27)26-23(3,4)20-8-7-9-24-20/h1,7-8,10-12,14,19H,9,13H2,2-5H3,(H,26,27). The van der Waals surface area contributed by atoms with E-state index in [1.165, 1.54) is 0 Å². The fourth-order valence-electron chi connectivity index (χ4n) is 3.43. The number of carbonyl (C=O) groups is 1. The number of rotatable bonds is 6. The van der Waals surface area contributed by atoms with Crippen molar-refractivity contribution in [3.05, 3.63) is 53.2 Å². The molecular weight excluding hydrogens is 366 g/mol. The van der Waals surface area contributed by atoms with Gasteiger partial charge in [-0.15, -0.1) is 6.42 Å². The van der Waals surface area contributed by atoms with Crippen molar-refractivity contribution in [1.82, 2.24) is 10.3 Å². The molecule has 28 heavy (non-hydrogen) atoms. The number of pyridine rings is 1. The van der Waals surface area contributed by atoms with Crippen LogP contribution in [0.1, 0.15) is 30.5 Å². The molecule has 4 nitrogen and oxygen atoms in total. The lowest BCUT2D eigenvalue weighted by atomic mass is 9.97. The molecule has 1 N–H and O–H groups in total. The Bertz CT molecular complexity index is 1010. The van der Waals surface area contributed by atoms with Crippen molar-refractivity contribution in [3.8, 4) is 12.3 Å². The van der Waals surface area contributed by atoms with Gasteiger partial charge in [0, 0.05) is 17.1 Å². The lowest BCUT2D eigenvalue weighted by Gasteiger charge is -2.28. The van der Waals surface area contributed by atoms with Crippen molar-refractivity contribution >= 4 is 34.3 Å². The van der Waals surface area contributed by atoms with E-state index in [0.717, 1.165) is 33.3 Å². The summed E-state index contributed by atoms with van der Waals surface area (Å²) in [7, 11) is 0. The van der Waals surface area contributed by atoms with Crippen LogP contribution in [0, 0.1) is 19.3 Å². The van der Waals surface area contributed by atoms with E-state index in [2.05, 4.69) is 33.3 Å². The lowest BCUT2D eigenvalue weighted by molar-refractivity contribution is -0.121. The molecule has 1 aromatic carbocycles. The maximum absolute atomic E-state index is 13.0. The van der Waals surface area contributed by atoms with Gasteiger partial charge in [-0.3, -0.25) is 14.8 Å². The van der Waals surface area contributed by atoms with Gasteiger partial charge in [0.2, 0.25) is 5.91 Å². The molecule has 1 unspecified atom stereocenters. The molecular formula is C23H25N3OS. The second-order valence-electron chi connectivity index (χ2n) is 7.52. The van der Waals surface area contributed by atoms with Crippen LogP contribution >= 0.6 is 11.8 Å². The molecule has 1 aliphatic rings. The molecule has 0 saturated heterocycles. The number of amides is 1. The Morgan fingerprint density at radius 2 is 2.18 bits per heavy atom. The first-order chi connectivity index (χ1) is 13.3. The van der Waals surface area contributed by atoms with Crippen LogP contribution in [-0.4, -0.2) is 40.2 Å². The van der Waals surface area contributed by atoms with Crippen LogP contribution in [0.2, 0.25) is 0 Å². The van der Waals surface area contributed by atoms with Crippen LogP contribution < -0.4 is 5.32 Å². The smallest absolute Gasteiger partial charge is 0.234 e. The SMILES string of the molecule is C#Cc1cnc2c(C)cc(CC(SC)C(=O)NC(C)(C)C3=NCC=C3)cc2c1. The molecule has 0 bridgehead atoms. The maximum atomic E-state index is 13.0. The molecule has 1 aromatic heterocycles. The highest BCUT2D eigenvalue weighted by atomic mass is 32.2. The number of benzene rings is 1. The van der Waals surface area contributed by atoms with Crippen LogP contribution in [0.15, 0.2) is 41.5 Å². The van der Waals surface area contributed by atoms with E-state index in [0.29, 0.717) is 13.0 Å². The predicted octanol–water partition coefficient (Wildman–Crippen LogP) is 3.70. The molecule has 0 fully saturated rings. The van der Waals surface area contributed by atoms with Gasteiger partial charge < -0.3 is 5.32 Å². The minimum absolute atomic E-state index is 0.0220. The molecule has 1 aliphatic heterocycles. The predicted molar refractivity (Wildman–Crippen MR) is 119 cm³/mol. The second-order valence-corrected chi connectivity index (χ2v) is 8.56. The number of thioether (sulfide) groups is 1. The van der Waals surface area contributed by atoms with Gasteiger partial charge in [0.05, 0.1) is 28.6 Å². The molecule has 1 atom stereocenters. The highest BCUT2D eigenvalue weighted by Gasteiger charge is 2.29. The number of fused-ring (bicyclic) bond motifs is 1. The average molecular weight is 392 g/mol. The number of nitrogens with zero attached hydrogens (tertiary/aromatic N) is 2. The summed E-state index contributed by atoms with van der Waals surface area (Å²) in [6.45, 7) is 6.70. The normalized spacial score (nSPS) is 14.6. The topological polar surface area (TPSA) is 54.4 Å². The van der Waals surface area contributed by atoms with Gasteiger partial charge in [-0.2, -0.15) is 11.8 Å². The summed E-state index contributed by atoms with van der Waals surface area (Å²) in [6.07, 6.45) is 13.8. The molecule has 0 spiro atoms. The Balaban J connectivity index is 1.81. The van der Waals surface area contributed by atoms with Crippen molar-refractivity contribution in [2.45, 2.75) is 38.0 Å². The summed E-state index contributed by atoms with van der Waals surface area (Å²) < 4.78 is 0. The van der Waals surface area contributed by atoms with Crippen LogP contribution in [0.3, 0.4) is 0 Å². The van der Waals surface area contributed by atoms with E-state index in [4.69, 9.17) is 6.42 Å². The zero-order valence-electron chi connectivity index (χ0n) is 16.7. The number of carbonyl (C=O) groups excluding carboxylic acids is 1. The molecule has 3 rings (SSSR count). The summed E-state index contributed by atoms with van der Waals surface area (Å²) in [6, 6.07) is 6.17. The summed E-state index contributed by atoms with van der Waals surface area (Å²) in [4.78, 5) is 21.9. The average Bonchev–Trinajstić information content (AvgIpc) is 3.21. The Morgan fingerprint density at radius 3 is 2.82 bits per heavy atom. The fourth-order valence-corrected chi connectivity index (χ4v) is 4.06. The largest absolute Gasteiger partial charge is 0.345 e. The third kappa shape index (κ3) is 4.28. The third-order valence-corrected chi connectivity index (χ3v) is 5.87. The lowest BCUT2D eigenvalue weighted by Crippen LogP contribution is -2.51. The summed E-state index contributed by atoms with van der Waals surface area (Å²) in [5.41, 5.74) is 4.32. The first-order valence-corrected chi connectivity index (χ1v) is 10.5. The minimum atomic E-state index is -0.483. The number of hydrogen-bond donors (Lipinski definition) is 1. The van der Waals surface area contributed by atoms with Gasteiger partial charge in [0.1, 0.15) is 0 Å². The highest BCUT2D eigenvalue weighted by molar-refractivity contribution is 7.99. The fraction of sp³-hybridized carbons (Fsp3) is 0.348. The highest BCUT2D eigenvalue weighted by Crippen LogP contribution is 2.23. The Hall–Kier alpha value is -2.58. The molecule has 1 amide bonds. The van der Waals surface area contributed by atoms with Gasteiger partial charge >= 0.3 is 0 Å². The number of aryl methyl sites for hydroxylation is 1. The Morgan fingerprint density at radius 1 is 1.39 bits per heavy atom. The van der Waals surface area contributed by atoms with Crippen molar-refractivity contribution < 1.29 is 4.79 Å². The van der Waals surface area contributed by atoms with Gasteiger partial charge in [0.25, 0.3) is 0 Å². The van der Waals surface area contributed by atoms with Crippen molar-refractivity contribution in [2.24, 2.45) is 4.99 Å². The first kappa shape index (κ1) is 20.2. The van der Waals surface area contributed by atoms with E-state index in [9.17, 15) is 4.79 Å². The maximum Gasteiger partial charge on any atom is 0.234 e. The zero-order valence-corrected chi connectivity index (χ0v) is 17.6. The molecule has 0 saturated carbocycles. The van der Waals surface area contributed by atoms with Crippen molar-refractivity contribution in [1.29, 1.82) is 0 Å². The monoisotopic (exact) mass is 391 g/mol. The number of aliphatic imine (C=N–C) groups is 1. The Kier molecular flexibility index (Phi) is 5.90. The van der Waals surface area contributed by atoms with Crippen LogP contribution in [0.4, 0.5) is 0 Å². The van der Waals surface area contributed by atoms with Gasteiger partial charge in [0.15, 0.2) is 0 Å². The second kappa shape index (κ2) is 8.20. The van der Waals surface area contributed by atoms with Gasteiger partial charge in [-0.1, -0.05) is 18.1 Å². The third-order valence-electron chi connectivity index (χ3n) is 4.92. The first-order valence-electron chi connectivity index (χ1n) is 9.26. The summed E-state index contributed by atoms with van der Waals surface area (Å²) in [5.74, 6) is 2.66. The van der Waals surface area contributed by atoms with Gasteiger partial charge in [-0.05, 0) is 62.8 Å². The van der Waals surface area contributed by atoms with Crippen molar-refractivity contribution in [3.63, 3.8) is 0 Å². The van der Waals surface area contributed by atoms with E-state index < -0.39 is 5.54 Å². The van der Waals surface area contributed by atoms with Crippen LogP contribution in [-0.2, 0) is 11.2 Å². The quantitative estimate of drug-likeness (QED) is 0.764. The van der Waals surface area contributed by atoms with Crippen molar-refractivity contribution in [2.75, 3.05) is 12.8 Å². The number of terminal acetylenes is 1. The van der Waals surface area contributed by atoms with Gasteiger partial charge in [-0.25, -0.2) is 0 Å².